The summed E-state index contributed by atoms with van der Waals surface area (Å²) in [5, 5.41) is 0.199. The van der Waals surface area contributed by atoms with Gasteiger partial charge in [-0.25, -0.2) is 13.2 Å². The smallest absolute Gasteiger partial charge is 0.339 e. The van der Waals surface area contributed by atoms with Crippen LogP contribution in [0.1, 0.15) is 18.6 Å². The maximum absolute atomic E-state index is 12.8. The fraction of sp³-hybridized carbons (Fsp3) is 0.353. The van der Waals surface area contributed by atoms with E-state index in [0.717, 1.165) is 0 Å². The predicted molar refractivity (Wildman–Crippen MR) is 98.6 cm³/mol. The van der Waals surface area contributed by atoms with Gasteiger partial charge in [-0.2, -0.15) is 4.31 Å². The van der Waals surface area contributed by atoms with Crippen molar-refractivity contribution in [2.75, 3.05) is 13.1 Å². The summed E-state index contributed by atoms with van der Waals surface area (Å²) in [5.74, 6) is 0.884. The van der Waals surface area contributed by atoms with Crippen LogP contribution in [0.25, 0.3) is 0 Å². The monoisotopic (exact) mass is 417 g/mol. The molecule has 0 saturated carbocycles. The van der Waals surface area contributed by atoms with E-state index >= 15 is 0 Å². The second-order valence-electron chi connectivity index (χ2n) is 5.99. The van der Waals surface area contributed by atoms with Crippen molar-refractivity contribution in [3.63, 3.8) is 0 Å². The van der Waals surface area contributed by atoms with Gasteiger partial charge in [0.15, 0.2) is 0 Å². The normalized spacial score (nSPS) is 16.6. The van der Waals surface area contributed by atoms with Gasteiger partial charge in [-0.15, -0.1) is 0 Å². The van der Waals surface area contributed by atoms with Crippen molar-refractivity contribution < 1.29 is 17.6 Å². The first kappa shape index (κ1) is 19.2. The molecule has 0 bridgehead atoms. The van der Waals surface area contributed by atoms with Crippen molar-refractivity contribution >= 4 is 33.2 Å². The van der Waals surface area contributed by atoms with Gasteiger partial charge in [0.1, 0.15) is 22.5 Å². The van der Waals surface area contributed by atoms with Gasteiger partial charge >= 0.3 is 5.63 Å². The van der Waals surface area contributed by atoms with Crippen LogP contribution in [-0.2, 0) is 10.0 Å². The van der Waals surface area contributed by atoms with Crippen LogP contribution in [0, 0.1) is 6.92 Å². The van der Waals surface area contributed by atoms with E-state index in [1.165, 1.54) is 22.5 Å². The zero-order valence-electron chi connectivity index (χ0n) is 13.9. The van der Waals surface area contributed by atoms with Crippen LogP contribution in [0.2, 0.25) is 10.0 Å². The quantitative estimate of drug-likeness (QED) is 0.760. The van der Waals surface area contributed by atoms with E-state index in [0.29, 0.717) is 24.4 Å². The number of hydrogen-bond donors (Lipinski definition) is 0. The number of halogens is 2. The van der Waals surface area contributed by atoms with Gasteiger partial charge in [0.05, 0.1) is 16.1 Å². The standard InChI is InChI=1S/C17H17Cl2NO5S/c1-11-9-13(10-16(21)24-11)25-12-5-7-20(8-6-12)26(22,23)17-14(18)3-2-4-15(17)19/h2-4,9-10,12H,5-8H2,1H3. The average molecular weight is 418 g/mol. The topological polar surface area (TPSA) is 76.8 Å². The van der Waals surface area contributed by atoms with E-state index in [2.05, 4.69) is 0 Å². The fourth-order valence-electron chi connectivity index (χ4n) is 2.88. The van der Waals surface area contributed by atoms with Crippen molar-refractivity contribution in [1.82, 2.24) is 4.31 Å². The van der Waals surface area contributed by atoms with Crippen molar-refractivity contribution in [3.05, 3.63) is 56.6 Å². The van der Waals surface area contributed by atoms with Gasteiger partial charge < -0.3 is 9.15 Å². The molecular formula is C17H17Cl2NO5S. The van der Waals surface area contributed by atoms with E-state index in [-0.39, 0.29) is 34.1 Å². The Kier molecular flexibility index (Phi) is 5.62. The molecular weight excluding hydrogens is 401 g/mol. The molecule has 0 radical (unpaired) electrons. The summed E-state index contributed by atoms with van der Waals surface area (Å²) in [5.41, 5.74) is -0.478. The van der Waals surface area contributed by atoms with Crippen molar-refractivity contribution in [2.24, 2.45) is 0 Å². The van der Waals surface area contributed by atoms with Crippen LogP contribution in [0.4, 0.5) is 0 Å². The number of ether oxygens (including phenoxy) is 1. The molecule has 0 unspecified atom stereocenters. The molecule has 9 heteroatoms. The van der Waals surface area contributed by atoms with Crippen LogP contribution >= 0.6 is 23.2 Å². The van der Waals surface area contributed by atoms with E-state index in [4.69, 9.17) is 32.4 Å². The molecule has 0 spiro atoms. The molecule has 140 valence electrons. The minimum Gasteiger partial charge on any atom is -0.490 e. The highest BCUT2D eigenvalue weighted by Crippen LogP contribution is 2.33. The summed E-state index contributed by atoms with van der Waals surface area (Å²) in [6.45, 7) is 2.21. The first-order chi connectivity index (χ1) is 12.3. The molecule has 0 aliphatic carbocycles. The summed E-state index contributed by atoms with van der Waals surface area (Å²) in [6.07, 6.45) is 0.783. The molecule has 2 aromatic rings. The summed E-state index contributed by atoms with van der Waals surface area (Å²) < 4.78 is 37.7. The summed E-state index contributed by atoms with van der Waals surface area (Å²) in [4.78, 5) is 11.3. The van der Waals surface area contributed by atoms with E-state index in [1.54, 1.807) is 19.1 Å². The van der Waals surface area contributed by atoms with Crippen LogP contribution in [0.15, 0.2) is 44.4 Å². The third-order valence-corrected chi connectivity index (χ3v) is 6.94. The number of hydrogen-bond acceptors (Lipinski definition) is 5. The molecule has 3 rings (SSSR count). The number of nitrogens with zero attached hydrogens (tertiary/aromatic N) is 1. The molecule has 1 aromatic carbocycles. The molecule has 1 saturated heterocycles. The lowest BCUT2D eigenvalue weighted by molar-refractivity contribution is 0.134. The molecule has 26 heavy (non-hydrogen) atoms. The van der Waals surface area contributed by atoms with Gasteiger partial charge in [0.25, 0.3) is 0 Å². The van der Waals surface area contributed by atoms with Gasteiger partial charge in [-0.3, -0.25) is 0 Å². The Morgan fingerprint density at radius 2 is 1.77 bits per heavy atom. The molecule has 0 amide bonds. The maximum Gasteiger partial charge on any atom is 0.339 e. The van der Waals surface area contributed by atoms with Gasteiger partial charge in [-0.1, -0.05) is 29.3 Å². The third-order valence-electron chi connectivity index (χ3n) is 4.09. The van der Waals surface area contributed by atoms with Crippen LogP contribution in [-0.4, -0.2) is 31.9 Å². The minimum absolute atomic E-state index is 0.0704. The molecule has 1 fully saturated rings. The predicted octanol–water partition coefficient (Wildman–Crippen LogP) is 3.49. The first-order valence-corrected chi connectivity index (χ1v) is 10.2. The Morgan fingerprint density at radius 1 is 1.15 bits per heavy atom. The number of aryl methyl sites for hydroxylation is 1. The van der Waals surface area contributed by atoms with Crippen molar-refractivity contribution in [3.8, 4) is 5.75 Å². The minimum atomic E-state index is -3.78. The number of piperidine rings is 1. The molecule has 1 aliphatic rings. The largest absolute Gasteiger partial charge is 0.490 e. The molecule has 1 aromatic heterocycles. The third kappa shape index (κ3) is 4.06. The molecule has 1 aliphatic heterocycles. The Balaban J connectivity index is 1.71. The highest BCUT2D eigenvalue weighted by atomic mass is 35.5. The lowest BCUT2D eigenvalue weighted by atomic mass is 10.1. The Labute approximate surface area is 161 Å². The van der Waals surface area contributed by atoms with Crippen LogP contribution in [0.5, 0.6) is 5.75 Å². The average Bonchev–Trinajstić information content (AvgIpc) is 2.54. The molecule has 2 heterocycles. The number of sulfonamides is 1. The van der Waals surface area contributed by atoms with E-state index in [9.17, 15) is 13.2 Å². The second-order valence-corrected chi connectivity index (χ2v) is 8.68. The van der Waals surface area contributed by atoms with Gasteiger partial charge in [0.2, 0.25) is 10.0 Å². The van der Waals surface area contributed by atoms with Crippen molar-refractivity contribution in [2.45, 2.75) is 30.8 Å². The number of benzene rings is 1. The lowest BCUT2D eigenvalue weighted by Gasteiger charge is -2.31. The Hall–Kier alpha value is -1.54. The first-order valence-electron chi connectivity index (χ1n) is 8.00. The van der Waals surface area contributed by atoms with Crippen LogP contribution in [0.3, 0.4) is 0 Å². The van der Waals surface area contributed by atoms with Gasteiger partial charge in [0, 0.05) is 19.2 Å². The van der Waals surface area contributed by atoms with Crippen molar-refractivity contribution in [1.29, 1.82) is 0 Å². The highest BCUT2D eigenvalue weighted by molar-refractivity contribution is 7.89. The summed E-state index contributed by atoms with van der Waals surface area (Å²) in [7, 11) is -3.78. The SMILES string of the molecule is Cc1cc(OC2CCN(S(=O)(=O)c3c(Cl)cccc3Cl)CC2)cc(=O)o1. The Morgan fingerprint density at radius 3 is 2.35 bits per heavy atom. The highest BCUT2D eigenvalue weighted by Gasteiger charge is 2.33. The fourth-order valence-corrected chi connectivity index (χ4v) is 5.45. The summed E-state index contributed by atoms with van der Waals surface area (Å²) >= 11 is 12.1. The zero-order chi connectivity index (χ0) is 18.9. The number of rotatable bonds is 4. The van der Waals surface area contributed by atoms with E-state index in [1.807, 2.05) is 0 Å². The van der Waals surface area contributed by atoms with Crippen LogP contribution < -0.4 is 10.4 Å². The molecule has 6 nitrogen and oxygen atoms in total. The molecule has 0 atom stereocenters. The van der Waals surface area contributed by atoms with Gasteiger partial charge in [-0.05, 0) is 31.9 Å². The van der Waals surface area contributed by atoms with E-state index < -0.39 is 15.6 Å². The Bertz CT molecular complexity index is 945. The maximum atomic E-state index is 12.8. The molecule has 0 N–H and O–H groups in total. The lowest BCUT2D eigenvalue weighted by Crippen LogP contribution is -2.41. The summed E-state index contributed by atoms with van der Waals surface area (Å²) in [6, 6.07) is 7.51. The zero-order valence-corrected chi connectivity index (χ0v) is 16.3. The second kappa shape index (κ2) is 7.60.